The van der Waals surface area contributed by atoms with Crippen molar-refractivity contribution in [3.05, 3.63) is 35.8 Å². The van der Waals surface area contributed by atoms with Crippen LogP contribution in [0, 0.1) is 11.2 Å². The molecule has 3 rings (SSSR count). The van der Waals surface area contributed by atoms with Crippen LogP contribution in [0.5, 0.6) is 0 Å². The molecule has 0 spiro atoms. The van der Waals surface area contributed by atoms with Crippen molar-refractivity contribution in [1.29, 1.82) is 0 Å². The lowest BCUT2D eigenvalue weighted by Crippen LogP contribution is -2.20. The number of carbonyl (C=O) groups is 1. The molecule has 0 radical (unpaired) electrons. The maximum atomic E-state index is 13.3. The van der Waals surface area contributed by atoms with E-state index in [0.29, 0.717) is 12.2 Å². The number of carbonyl (C=O) groups excluding carboxylic acids is 1. The zero-order valence-electron chi connectivity index (χ0n) is 15.2. The Morgan fingerprint density at radius 2 is 1.92 bits per heavy atom. The number of aryl methyl sites for hydroxylation is 1. The molecule has 25 heavy (non-hydrogen) atoms. The Kier molecular flexibility index (Phi) is 4.93. The first-order valence-corrected chi connectivity index (χ1v) is 8.99. The first-order valence-electron chi connectivity index (χ1n) is 8.99. The summed E-state index contributed by atoms with van der Waals surface area (Å²) in [4.78, 5) is 12.4. The topological polar surface area (TPSA) is 46.9 Å². The summed E-state index contributed by atoms with van der Waals surface area (Å²) in [5.41, 5.74) is 2.88. The van der Waals surface area contributed by atoms with E-state index >= 15 is 0 Å². The molecule has 1 N–H and O–H groups in total. The Morgan fingerprint density at radius 3 is 2.60 bits per heavy atom. The number of rotatable bonds is 3. The molecular weight excluding hydrogens is 317 g/mol. The second kappa shape index (κ2) is 6.98. The number of amides is 1. The van der Waals surface area contributed by atoms with Gasteiger partial charge >= 0.3 is 0 Å². The van der Waals surface area contributed by atoms with Gasteiger partial charge in [0.05, 0.1) is 0 Å². The van der Waals surface area contributed by atoms with Gasteiger partial charge in [-0.05, 0) is 42.4 Å². The number of hydrogen-bond acceptors (Lipinski definition) is 2. The molecule has 0 unspecified atom stereocenters. The van der Waals surface area contributed by atoms with Crippen molar-refractivity contribution < 1.29 is 9.18 Å². The van der Waals surface area contributed by atoms with Crippen LogP contribution in [0.15, 0.2) is 24.3 Å². The van der Waals surface area contributed by atoms with Crippen molar-refractivity contribution >= 4 is 11.7 Å². The minimum atomic E-state index is -0.264. The summed E-state index contributed by atoms with van der Waals surface area (Å²) in [5, 5.41) is 7.66. The Morgan fingerprint density at radius 1 is 1.20 bits per heavy atom. The summed E-state index contributed by atoms with van der Waals surface area (Å²) in [6.07, 6.45) is 4.73. The minimum absolute atomic E-state index is 0.0379. The Labute approximate surface area is 148 Å². The summed E-state index contributed by atoms with van der Waals surface area (Å²) in [6, 6.07) is 6.43. The van der Waals surface area contributed by atoms with Crippen molar-refractivity contribution in [2.45, 2.75) is 59.4 Å². The highest BCUT2D eigenvalue weighted by atomic mass is 19.1. The predicted octanol–water partition coefficient (Wildman–Crippen LogP) is 4.79. The third kappa shape index (κ3) is 4.27. The van der Waals surface area contributed by atoms with E-state index in [1.165, 1.54) is 18.6 Å². The van der Waals surface area contributed by atoms with Gasteiger partial charge in [0.2, 0.25) is 5.91 Å². The van der Waals surface area contributed by atoms with E-state index in [2.05, 4.69) is 10.4 Å². The van der Waals surface area contributed by atoms with Crippen LogP contribution in [0.2, 0.25) is 0 Å². The molecular formula is C20H26FN3O. The van der Waals surface area contributed by atoms with Crippen LogP contribution in [-0.2, 0) is 17.8 Å². The van der Waals surface area contributed by atoms with Gasteiger partial charge in [-0.2, -0.15) is 5.10 Å². The quantitative estimate of drug-likeness (QED) is 0.871. The highest BCUT2D eigenvalue weighted by molar-refractivity contribution is 5.95. The summed E-state index contributed by atoms with van der Waals surface area (Å²) in [7, 11) is 0. The number of benzene rings is 1. The standard InChI is InChI=1S/C20H26FN3O/c1-20(2,3)13-17(25)22-19-18(14-8-10-15(21)11-9-14)16-7-5-4-6-12-24(16)23-19/h8-11H,4-7,12-13H2,1-3H3,(H,22,23,25). The van der Waals surface area contributed by atoms with E-state index in [0.717, 1.165) is 42.6 Å². The number of aromatic nitrogens is 2. The molecule has 1 aliphatic heterocycles. The second-order valence-electron chi connectivity index (χ2n) is 8.00. The van der Waals surface area contributed by atoms with Crippen LogP contribution in [0.1, 0.15) is 52.1 Å². The van der Waals surface area contributed by atoms with Gasteiger partial charge < -0.3 is 5.32 Å². The fourth-order valence-corrected chi connectivity index (χ4v) is 3.33. The zero-order chi connectivity index (χ0) is 18.0. The van der Waals surface area contributed by atoms with E-state index in [1.54, 1.807) is 12.1 Å². The first kappa shape index (κ1) is 17.6. The largest absolute Gasteiger partial charge is 0.309 e. The average molecular weight is 343 g/mol. The van der Waals surface area contributed by atoms with E-state index in [1.807, 2.05) is 25.5 Å². The molecule has 2 heterocycles. The lowest BCUT2D eigenvalue weighted by molar-refractivity contribution is -0.117. The molecule has 4 nitrogen and oxygen atoms in total. The van der Waals surface area contributed by atoms with Crippen LogP contribution < -0.4 is 5.32 Å². The molecule has 0 fully saturated rings. The Bertz CT molecular complexity index is 756. The maximum Gasteiger partial charge on any atom is 0.226 e. The monoisotopic (exact) mass is 343 g/mol. The number of hydrogen-bond donors (Lipinski definition) is 1. The average Bonchev–Trinajstić information content (AvgIpc) is 2.68. The van der Waals surface area contributed by atoms with Crippen molar-refractivity contribution in [1.82, 2.24) is 9.78 Å². The molecule has 1 amide bonds. The molecule has 0 aliphatic carbocycles. The van der Waals surface area contributed by atoms with Gasteiger partial charge in [-0.1, -0.05) is 39.3 Å². The molecule has 2 aromatic rings. The lowest BCUT2D eigenvalue weighted by Gasteiger charge is -2.17. The van der Waals surface area contributed by atoms with Crippen LogP contribution in [-0.4, -0.2) is 15.7 Å². The molecule has 1 aromatic carbocycles. The SMILES string of the molecule is CC(C)(C)CC(=O)Nc1nn2c(c1-c1ccc(F)cc1)CCCCC2. The van der Waals surface area contributed by atoms with Crippen LogP contribution in [0.25, 0.3) is 11.1 Å². The predicted molar refractivity (Wildman–Crippen MR) is 97.9 cm³/mol. The molecule has 1 aliphatic rings. The van der Waals surface area contributed by atoms with Gasteiger partial charge in [0.15, 0.2) is 5.82 Å². The fraction of sp³-hybridized carbons (Fsp3) is 0.500. The smallest absolute Gasteiger partial charge is 0.226 e. The molecule has 5 heteroatoms. The van der Waals surface area contributed by atoms with Crippen molar-refractivity contribution in [2.24, 2.45) is 5.41 Å². The third-order valence-electron chi connectivity index (χ3n) is 4.42. The van der Waals surface area contributed by atoms with Crippen molar-refractivity contribution in [3.63, 3.8) is 0 Å². The number of halogens is 1. The van der Waals surface area contributed by atoms with Gasteiger partial charge in [0, 0.05) is 24.2 Å². The van der Waals surface area contributed by atoms with Gasteiger partial charge in [-0.25, -0.2) is 4.39 Å². The Balaban J connectivity index is 1.99. The van der Waals surface area contributed by atoms with Gasteiger partial charge in [-0.3, -0.25) is 9.48 Å². The molecule has 134 valence electrons. The van der Waals surface area contributed by atoms with Crippen LogP contribution in [0.3, 0.4) is 0 Å². The summed E-state index contributed by atoms with van der Waals surface area (Å²) in [5.74, 6) is 0.294. The van der Waals surface area contributed by atoms with Crippen LogP contribution >= 0.6 is 0 Å². The van der Waals surface area contributed by atoms with Gasteiger partial charge in [0.25, 0.3) is 0 Å². The zero-order valence-corrected chi connectivity index (χ0v) is 15.2. The molecule has 1 aromatic heterocycles. The lowest BCUT2D eigenvalue weighted by atomic mass is 9.92. The molecule has 0 bridgehead atoms. The van der Waals surface area contributed by atoms with Crippen molar-refractivity contribution in [3.8, 4) is 11.1 Å². The van der Waals surface area contributed by atoms with E-state index in [9.17, 15) is 9.18 Å². The minimum Gasteiger partial charge on any atom is -0.309 e. The summed E-state index contributed by atoms with van der Waals surface area (Å²) in [6.45, 7) is 6.97. The maximum absolute atomic E-state index is 13.3. The third-order valence-corrected chi connectivity index (χ3v) is 4.42. The highest BCUT2D eigenvalue weighted by Crippen LogP contribution is 2.34. The molecule has 0 saturated carbocycles. The highest BCUT2D eigenvalue weighted by Gasteiger charge is 2.23. The number of nitrogens with zero attached hydrogens (tertiary/aromatic N) is 2. The molecule has 0 atom stereocenters. The van der Waals surface area contributed by atoms with E-state index < -0.39 is 0 Å². The molecule has 0 saturated heterocycles. The second-order valence-corrected chi connectivity index (χ2v) is 8.00. The van der Waals surface area contributed by atoms with E-state index in [4.69, 9.17) is 0 Å². The van der Waals surface area contributed by atoms with Crippen LogP contribution in [0.4, 0.5) is 10.2 Å². The first-order chi connectivity index (χ1) is 11.8. The van der Waals surface area contributed by atoms with Gasteiger partial charge in [0.1, 0.15) is 5.82 Å². The number of nitrogens with one attached hydrogen (secondary N) is 1. The normalized spacial score (nSPS) is 14.7. The summed E-state index contributed by atoms with van der Waals surface area (Å²) < 4.78 is 15.4. The number of anilines is 1. The van der Waals surface area contributed by atoms with Gasteiger partial charge in [-0.15, -0.1) is 0 Å². The summed E-state index contributed by atoms with van der Waals surface area (Å²) >= 11 is 0. The van der Waals surface area contributed by atoms with E-state index in [-0.39, 0.29) is 17.1 Å². The Hall–Kier alpha value is -2.17. The number of fused-ring (bicyclic) bond motifs is 1. The fourth-order valence-electron chi connectivity index (χ4n) is 3.33. The van der Waals surface area contributed by atoms with Crippen molar-refractivity contribution in [2.75, 3.05) is 5.32 Å².